The van der Waals surface area contributed by atoms with Gasteiger partial charge in [0.1, 0.15) is 0 Å². The number of nitrogens with two attached hydrogens (primary N) is 1. The fourth-order valence-electron chi connectivity index (χ4n) is 4.07. The zero-order chi connectivity index (χ0) is 17.5. The number of pyridine rings is 1. The molecular weight excluding hydrogens is 314 g/mol. The van der Waals surface area contributed by atoms with E-state index in [4.69, 9.17) is 5.73 Å². The molecule has 2 aliphatic rings. The highest BCUT2D eigenvalue weighted by atomic mass is 16.1. The van der Waals surface area contributed by atoms with Gasteiger partial charge in [0.05, 0.1) is 18.2 Å². The second kappa shape index (κ2) is 9.27. The molecule has 6 heteroatoms. The van der Waals surface area contributed by atoms with E-state index in [9.17, 15) is 4.79 Å². The number of piperidine rings is 2. The summed E-state index contributed by atoms with van der Waals surface area (Å²) in [6.07, 6.45) is 6.27. The van der Waals surface area contributed by atoms with Crippen molar-refractivity contribution in [2.45, 2.75) is 38.3 Å². The highest BCUT2D eigenvalue weighted by molar-refractivity contribution is 5.78. The fourth-order valence-corrected chi connectivity index (χ4v) is 4.07. The summed E-state index contributed by atoms with van der Waals surface area (Å²) in [5.41, 5.74) is 6.57. The molecule has 0 radical (unpaired) electrons. The summed E-state index contributed by atoms with van der Waals surface area (Å²) in [6, 6.07) is 6.42. The Bertz CT molecular complexity index is 530. The summed E-state index contributed by atoms with van der Waals surface area (Å²) >= 11 is 0. The van der Waals surface area contributed by atoms with Crippen molar-refractivity contribution in [1.29, 1.82) is 0 Å². The second-order valence-corrected chi connectivity index (χ2v) is 7.23. The summed E-state index contributed by atoms with van der Waals surface area (Å²) in [5.74, 6) is 0.287. The second-order valence-electron chi connectivity index (χ2n) is 7.23. The molecule has 2 fully saturated rings. The molecule has 0 bridgehead atoms. The number of likely N-dealkylation sites (tertiary alicyclic amines) is 2. The van der Waals surface area contributed by atoms with Crippen LogP contribution in [0.1, 0.15) is 31.4 Å². The van der Waals surface area contributed by atoms with E-state index in [1.165, 1.54) is 12.8 Å². The van der Waals surface area contributed by atoms with Gasteiger partial charge in [0.15, 0.2) is 0 Å². The Labute approximate surface area is 150 Å². The van der Waals surface area contributed by atoms with Crippen LogP contribution in [0.15, 0.2) is 24.4 Å². The number of nitrogens with zero attached hydrogens (tertiary/aromatic N) is 3. The lowest BCUT2D eigenvalue weighted by molar-refractivity contribution is -0.127. The van der Waals surface area contributed by atoms with Gasteiger partial charge < -0.3 is 16.0 Å². The fraction of sp³-hybridized carbons (Fsp3) is 0.684. The molecule has 3 heterocycles. The Balaban J connectivity index is 1.45. The highest BCUT2D eigenvalue weighted by Crippen LogP contribution is 2.24. The SMILES string of the molecule is NCCN1CCC(N2CCCC(C(=O)NCc3ccccn3)C2)CC1. The smallest absolute Gasteiger partial charge is 0.224 e. The molecule has 0 aliphatic carbocycles. The highest BCUT2D eigenvalue weighted by Gasteiger charge is 2.31. The third-order valence-electron chi connectivity index (χ3n) is 5.51. The third kappa shape index (κ3) is 5.23. The first-order chi connectivity index (χ1) is 12.3. The topological polar surface area (TPSA) is 74.5 Å². The van der Waals surface area contributed by atoms with Gasteiger partial charge in [-0.1, -0.05) is 6.07 Å². The molecule has 1 unspecified atom stereocenters. The van der Waals surface area contributed by atoms with Crippen LogP contribution in [-0.2, 0) is 11.3 Å². The van der Waals surface area contributed by atoms with E-state index in [1.54, 1.807) is 6.20 Å². The Kier molecular flexibility index (Phi) is 6.78. The minimum atomic E-state index is 0.111. The lowest BCUT2D eigenvalue weighted by atomic mass is 9.93. The Morgan fingerprint density at radius 3 is 2.80 bits per heavy atom. The Morgan fingerprint density at radius 1 is 1.24 bits per heavy atom. The number of hydrogen-bond acceptors (Lipinski definition) is 5. The molecule has 0 spiro atoms. The van der Waals surface area contributed by atoms with Gasteiger partial charge in [-0.05, 0) is 57.5 Å². The van der Waals surface area contributed by atoms with E-state index >= 15 is 0 Å². The minimum Gasteiger partial charge on any atom is -0.350 e. The average Bonchev–Trinajstić information content (AvgIpc) is 2.68. The van der Waals surface area contributed by atoms with Gasteiger partial charge in [0, 0.05) is 31.9 Å². The standard InChI is InChI=1S/C19H31N5O/c20-8-13-23-11-6-18(7-12-23)24-10-3-4-16(15-24)19(25)22-14-17-5-1-2-9-21-17/h1-2,5,9,16,18H,3-4,6-8,10-15,20H2,(H,22,25). The first-order valence-corrected chi connectivity index (χ1v) is 9.60. The Hall–Kier alpha value is -1.50. The van der Waals surface area contributed by atoms with Crippen molar-refractivity contribution in [3.63, 3.8) is 0 Å². The number of hydrogen-bond donors (Lipinski definition) is 2. The minimum absolute atomic E-state index is 0.111. The van der Waals surface area contributed by atoms with Gasteiger partial charge >= 0.3 is 0 Å². The van der Waals surface area contributed by atoms with Gasteiger partial charge in [-0.3, -0.25) is 14.7 Å². The monoisotopic (exact) mass is 345 g/mol. The van der Waals surface area contributed by atoms with Crippen LogP contribution in [0.3, 0.4) is 0 Å². The molecule has 1 aromatic heterocycles. The molecule has 6 nitrogen and oxygen atoms in total. The molecule has 0 saturated carbocycles. The maximum Gasteiger partial charge on any atom is 0.224 e. The van der Waals surface area contributed by atoms with Crippen molar-refractivity contribution in [3.05, 3.63) is 30.1 Å². The first kappa shape index (κ1) is 18.3. The van der Waals surface area contributed by atoms with Crippen LogP contribution in [0.5, 0.6) is 0 Å². The van der Waals surface area contributed by atoms with Gasteiger partial charge in [-0.25, -0.2) is 0 Å². The quantitative estimate of drug-likeness (QED) is 0.799. The van der Waals surface area contributed by atoms with Crippen molar-refractivity contribution >= 4 is 5.91 Å². The van der Waals surface area contributed by atoms with E-state index in [-0.39, 0.29) is 11.8 Å². The summed E-state index contributed by atoms with van der Waals surface area (Å²) in [6.45, 7) is 6.57. The summed E-state index contributed by atoms with van der Waals surface area (Å²) in [5, 5.41) is 3.07. The maximum absolute atomic E-state index is 12.5. The Morgan fingerprint density at radius 2 is 2.08 bits per heavy atom. The third-order valence-corrected chi connectivity index (χ3v) is 5.51. The lowest BCUT2D eigenvalue weighted by Gasteiger charge is -2.42. The number of amides is 1. The number of nitrogens with one attached hydrogen (secondary N) is 1. The summed E-state index contributed by atoms with van der Waals surface area (Å²) in [4.78, 5) is 21.8. The van der Waals surface area contributed by atoms with Crippen molar-refractivity contribution in [1.82, 2.24) is 20.1 Å². The summed E-state index contributed by atoms with van der Waals surface area (Å²) < 4.78 is 0. The summed E-state index contributed by atoms with van der Waals surface area (Å²) in [7, 11) is 0. The van der Waals surface area contributed by atoms with Gasteiger partial charge in [-0.15, -0.1) is 0 Å². The van der Waals surface area contributed by atoms with Crippen LogP contribution in [0.4, 0.5) is 0 Å². The number of rotatable bonds is 6. The molecule has 0 aromatic carbocycles. The molecule has 1 amide bonds. The lowest BCUT2D eigenvalue weighted by Crippen LogP contribution is -2.51. The van der Waals surface area contributed by atoms with Crippen LogP contribution in [-0.4, -0.2) is 66.0 Å². The average molecular weight is 345 g/mol. The normalized spacial score (nSPS) is 23.5. The predicted octanol–water partition coefficient (Wildman–Crippen LogP) is 0.833. The zero-order valence-corrected chi connectivity index (χ0v) is 15.1. The van der Waals surface area contributed by atoms with E-state index in [0.717, 1.165) is 57.8 Å². The number of carbonyl (C=O) groups excluding carboxylic acids is 1. The van der Waals surface area contributed by atoms with Crippen LogP contribution in [0.25, 0.3) is 0 Å². The predicted molar refractivity (Wildman–Crippen MR) is 98.9 cm³/mol. The van der Waals surface area contributed by atoms with Gasteiger partial charge in [0.25, 0.3) is 0 Å². The molecule has 2 saturated heterocycles. The zero-order valence-electron chi connectivity index (χ0n) is 15.1. The first-order valence-electron chi connectivity index (χ1n) is 9.60. The van der Waals surface area contributed by atoms with Gasteiger partial charge in [-0.2, -0.15) is 0 Å². The molecule has 1 aromatic rings. The van der Waals surface area contributed by atoms with Crippen LogP contribution in [0.2, 0.25) is 0 Å². The van der Waals surface area contributed by atoms with Crippen molar-refractivity contribution < 1.29 is 4.79 Å². The molecular formula is C19H31N5O. The molecule has 3 rings (SSSR count). The van der Waals surface area contributed by atoms with E-state index in [2.05, 4.69) is 20.1 Å². The van der Waals surface area contributed by atoms with E-state index in [0.29, 0.717) is 12.6 Å². The molecule has 25 heavy (non-hydrogen) atoms. The van der Waals surface area contributed by atoms with Crippen LogP contribution >= 0.6 is 0 Å². The molecule has 1 atom stereocenters. The van der Waals surface area contributed by atoms with Crippen molar-refractivity contribution in [2.24, 2.45) is 11.7 Å². The van der Waals surface area contributed by atoms with Gasteiger partial charge in [0.2, 0.25) is 5.91 Å². The molecule has 138 valence electrons. The van der Waals surface area contributed by atoms with Crippen LogP contribution in [0, 0.1) is 5.92 Å². The molecule has 2 aliphatic heterocycles. The molecule has 3 N–H and O–H groups in total. The number of carbonyl (C=O) groups is 1. The van der Waals surface area contributed by atoms with Crippen LogP contribution < -0.4 is 11.1 Å². The van der Waals surface area contributed by atoms with E-state index < -0.39 is 0 Å². The van der Waals surface area contributed by atoms with E-state index in [1.807, 2.05) is 18.2 Å². The van der Waals surface area contributed by atoms with Crippen molar-refractivity contribution in [3.8, 4) is 0 Å². The van der Waals surface area contributed by atoms with Crippen molar-refractivity contribution in [2.75, 3.05) is 39.3 Å². The largest absolute Gasteiger partial charge is 0.350 e. The maximum atomic E-state index is 12.5. The number of aromatic nitrogens is 1.